The van der Waals surface area contributed by atoms with Crippen LogP contribution in [0.2, 0.25) is 0 Å². The van der Waals surface area contributed by atoms with Crippen LogP contribution in [0.5, 0.6) is 0 Å². The lowest BCUT2D eigenvalue weighted by Gasteiger charge is -2.26. The highest BCUT2D eigenvalue weighted by molar-refractivity contribution is 4.77. The van der Waals surface area contributed by atoms with Crippen LogP contribution in [0.3, 0.4) is 0 Å². The third-order valence-corrected chi connectivity index (χ3v) is 5.21. The van der Waals surface area contributed by atoms with Crippen molar-refractivity contribution in [2.45, 2.75) is 109 Å². The lowest BCUT2D eigenvalue weighted by atomic mass is 9.88. The number of unbranched alkanes of at least 4 members (excludes halogenated alkanes) is 7. The summed E-state index contributed by atoms with van der Waals surface area (Å²) >= 11 is 0. The summed E-state index contributed by atoms with van der Waals surface area (Å²) in [6.45, 7) is 2.30. The van der Waals surface area contributed by atoms with Crippen molar-refractivity contribution in [2.24, 2.45) is 5.92 Å². The second-order valence-electron chi connectivity index (χ2n) is 6.91. The number of hydrogen-bond donors (Lipinski definition) is 1. The van der Waals surface area contributed by atoms with Crippen LogP contribution in [-0.2, 0) is 0 Å². The van der Waals surface area contributed by atoms with E-state index in [2.05, 4.69) is 19.3 Å². The molecule has 1 unspecified atom stereocenters. The molecule has 1 fully saturated rings. The van der Waals surface area contributed by atoms with Crippen molar-refractivity contribution in [3.05, 3.63) is 0 Å². The molecule has 1 nitrogen and oxygen atoms in total. The summed E-state index contributed by atoms with van der Waals surface area (Å²) in [4.78, 5) is 0. The average molecular weight is 282 g/mol. The van der Waals surface area contributed by atoms with Gasteiger partial charge in [0.15, 0.2) is 0 Å². The molecule has 1 heteroatoms. The molecule has 0 heterocycles. The zero-order chi connectivity index (χ0) is 14.5. The second-order valence-corrected chi connectivity index (χ2v) is 6.91. The van der Waals surface area contributed by atoms with E-state index in [1.807, 2.05) is 0 Å². The lowest BCUT2D eigenvalue weighted by molar-refractivity contribution is 0.311. The molecule has 1 saturated carbocycles. The Bertz CT molecular complexity index is 194. The molecule has 0 aromatic carbocycles. The Morgan fingerprint density at radius 2 is 1.35 bits per heavy atom. The van der Waals surface area contributed by atoms with Crippen LogP contribution in [0.25, 0.3) is 0 Å². The molecule has 0 amide bonds. The van der Waals surface area contributed by atoms with Gasteiger partial charge >= 0.3 is 0 Å². The molecule has 120 valence electrons. The zero-order valence-corrected chi connectivity index (χ0v) is 14.3. The summed E-state index contributed by atoms with van der Waals surface area (Å²) in [6, 6.07) is 0.799. The van der Waals surface area contributed by atoms with Crippen LogP contribution >= 0.6 is 0 Å². The zero-order valence-electron chi connectivity index (χ0n) is 14.3. The third kappa shape index (κ3) is 8.29. The molecule has 0 aromatic rings. The maximum Gasteiger partial charge on any atom is 0.00923 e. The predicted octanol–water partition coefficient (Wildman–Crippen LogP) is 6.08. The molecule has 1 atom stereocenters. The fourth-order valence-corrected chi connectivity index (χ4v) is 3.83. The van der Waals surface area contributed by atoms with Crippen LogP contribution in [0.1, 0.15) is 103 Å². The van der Waals surface area contributed by atoms with Gasteiger partial charge < -0.3 is 5.32 Å². The summed E-state index contributed by atoms with van der Waals surface area (Å²) in [5.41, 5.74) is 0. The second kappa shape index (κ2) is 12.7. The first-order valence-electron chi connectivity index (χ1n) is 9.55. The van der Waals surface area contributed by atoms with Crippen molar-refractivity contribution in [3.8, 4) is 0 Å². The number of rotatable bonds is 11. The van der Waals surface area contributed by atoms with Gasteiger partial charge in [-0.15, -0.1) is 0 Å². The van der Waals surface area contributed by atoms with Crippen LogP contribution in [0.15, 0.2) is 0 Å². The van der Waals surface area contributed by atoms with E-state index in [0.29, 0.717) is 0 Å². The Hall–Kier alpha value is -0.0400. The largest absolute Gasteiger partial charge is 0.317 e. The third-order valence-electron chi connectivity index (χ3n) is 5.21. The maximum absolute atomic E-state index is 3.62. The van der Waals surface area contributed by atoms with Gasteiger partial charge in [-0.25, -0.2) is 0 Å². The molecular formula is C19H39N. The van der Waals surface area contributed by atoms with Crippen molar-refractivity contribution in [1.29, 1.82) is 0 Å². The van der Waals surface area contributed by atoms with Gasteiger partial charge in [-0.3, -0.25) is 0 Å². The molecule has 0 aromatic heterocycles. The fourth-order valence-electron chi connectivity index (χ4n) is 3.83. The topological polar surface area (TPSA) is 12.0 Å². The minimum atomic E-state index is 0.799. The SMILES string of the molecule is CCCCCCCCCCC(NC)C1CCCCCC1. The van der Waals surface area contributed by atoms with E-state index >= 15 is 0 Å². The summed E-state index contributed by atoms with van der Waals surface area (Å²) < 4.78 is 0. The van der Waals surface area contributed by atoms with Crippen LogP contribution in [0, 0.1) is 5.92 Å². The van der Waals surface area contributed by atoms with Gasteiger partial charge in [0.25, 0.3) is 0 Å². The van der Waals surface area contributed by atoms with E-state index in [4.69, 9.17) is 0 Å². The quantitative estimate of drug-likeness (QED) is 0.358. The van der Waals surface area contributed by atoms with E-state index in [-0.39, 0.29) is 0 Å². The van der Waals surface area contributed by atoms with Crippen molar-refractivity contribution in [1.82, 2.24) is 5.32 Å². The highest BCUT2D eigenvalue weighted by Gasteiger charge is 2.20. The van der Waals surface area contributed by atoms with Gasteiger partial charge in [0.05, 0.1) is 0 Å². The van der Waals surface area contributed by atoms with Crippen molar-refractivity contribution in [3.63, 3.8) is 0 Å². The molecule has 1 aliphatic carbocycles. The standard InChI is InChI=1S/C19H39N/c1-3-4-5-6-7-8-9-14-17-19(20-2)18-15-12-10-11-13-16-18/h18-20H,3-17H2,1-2H3. The molecule has 1 rings (SSSR count). The number of hydrogen-bond acceptors (Lipinski definition) is 1. The molecule has 0 spiro atoms. The summed E-state index contributed by atoms with van der Waals surface area (Å²) in [6.07, 6.45) is 21.8. The summed E-state index contributed by atoms with van der Waals surface area (Å²) in [5.74, 6) is 0.965. The molecular weight excluding hydrogens is 242 g/mol. The first-order valence-corrected chi connectivity index (χ1v) is 9.55. The monoisotopic (exact) mass is 281 g/mol. The van der Waals surface area contributed by atoms with Gasteiger partial charge in [0, 0.05) is 6.04 Å². The molecule has 1 aliphatic rings. The Morgan fingerprint density at radius 1 is 0.800 bits per heavy atom. The van der Waals surface area contributed by atoms with Crippen molar-refractivity contribution in [2.75, 3.05) is 7.05 Å². The van der Waals surface area contributed by atoms with E-state index in [9.17, 15) is 0 Å². The summed E-state index contributed by atoms with van der Waals surface area (Å²) in [7, 11) is 2.18. The Morgan fingerprint density at radius 3 is 1.90 bits per heavy atom. The van der Waals surface area contributed by atoms with Crippen LogP contribution in [0.4, 0.5) is 0 Å². The fraction of sp³-hybridized carbons (Fsp3) is 1.00. The molecule has 0 bridgehead atoms. The molecule has 0 saturated heterocycles. The van der Waals surface area contributed by atoms with Gasteiger partial charge in [0.2, 0.25) is 0 Å². The van der Waals surface area contributed by atoms with Crippen molar-refractivity contribution >= 4 is 0 Å². The predicted molar refractivity (Wildman–Crippen MR) is 91.3 cm³/mol. The molecule has 0 radical (unpaired) electrons. The first kappa shape index (κ1) is 18.0. The molecule has 1 N–H and O–H groups in total. The van der Waals surface area contributed by atoms with E-state index in [0.717, 1.165) is 12.0 Å². The highest BCUT2D eigenvalue weighted by atomic mass is 14.9. The number of nitrogens with one attached hydrogen (secondary N) is 1. The Labute approximate surface area is 128 Å². The lowest BCUT2D eigenvalue weighted by Crippen LogP contribution is -2.33. The van der Waals surface area contributed by atoms with Gasteiger partial charge in [0.1, 0.15) is 0 Å². The van der Waals surface area contributed by atoms with Crippen molar-refractivity contribution < 1.29 is 0 Å². The van der Waals surface area contributed by atoms with Gasteiger partial charge in [-0.05, 0) is 32.2 Å². The maximum atomic E-state index is 3.62. The molecule has 0 aliphatic heterocycles. The highest BCUT2D eigenvalue weighted by Crippen LogP contribution is 2.27. The van der Waals surface area contributed by atoms with E-state index in [1.165, 1.54) is 96.3 Å². The molecule has 20 heavy (non-hydrogen) atoms. The van der Waals surface area contributed by atoms with Crippen LogP contribution in [-0.4, -0.2) is 13.1 Å². The van der Waals surface area contributed by atoms with E-state index < -0.39 is 0 Å². The minimum Gasteiger partial charge on any atom is -0.317 e. The Balaban J connectivity index is 2.02. The smallest absolute Gasteiger partial charge is 0.00923 e. The Kier molecular flexibility index (Phi) is 11.4. The van der Waals surface area contributed by atoms with Gasteiger partial charge in [-0.2, -0.15) is 0 Å². The van der Waals surface area contributed by atoms with E-state index in [1.54, 1.807) is 0 Å². The average Bonchev–Trinajstić information content (AvgIpc) is 2.75. The van der Waals surface area contributed by atoms with Gasteiger partial charge in [-0.1, -0.05) is 84.0 Å². The van der Waals surface area contributed by atoms with Crippen LogP contribution < -0.4 is 5.32 Å². The first-order chi connectivity index (χ1) is 9.88. The summed E-state index contributed by atoms with van der Waals surface area (Å²) in [5, 5.41) is 3.62. The normalized spacial score (nSPS) is 18.9. The minimum absolute atomic E-state index is 0.799.